The quantitative estimate of drug-likeness (QED) is 0.745. The van der Waals surface area contributed by atoms with Crippen LogP contribution in [0.3, 0.4) is 0 Å². The highest BCUT2D eigenvalue weighted by molar-refractivity contribution is 5.78. The van der Waals surface area contributed by atoms with Crippen molar-refractivity contribution in [1.29, 1.82) is 0 Å². The topological polar surface area (TPSA) is 32.3 Å². The van der Waals surface area contributed by atoms with Gasteiger partial charge in [-0.25, -0.2) is 0 Å². The van der Waals surface area contributed by atoms with Crippen molar-refractivity contribution >= 4 is 5.91 Å². The first-order valence-electron chi connectivity index (χ1n) is 7.34. The molecule has 0 atom stereocenters. The Bertz CT molecular complexity index is 243. The number of carbonyl (C=O) groups is 1. The summed E-state index contributed by atoms with van der Waals surface area (Å²) in [7, 11) is 0. The molecule has 2 aliphatic rings. The SMILES string of the molecule is CCN(C(=O)CNC1CCCCCC1)C1CC1. The van der Waals surface area contributed by atoms with Crippen molar-refractivity contribution in [2.24, 2.45) is 0 Å². The molecule has 0 aromatic rings. The van der Waals surface area contributed by atoms with E-state index in [1.54, 1.807) is 0 Å². The number of hydrogen-bond acceptors (Lipinski definition) is 2. The maximum Gasteiger partial charge on any atom is 0.236 e. The number of nitrogens with one attached hydrogen (secondary N) is 1. The van der Waals surface area contributed by atoms with Gasteiger partial charge in [0, 0.05) is 18.6 Å². The van der Waals surface area contributed by atoms with Crippen LogP contribution in [0.15, 0.2) is 0 Å². The Morgan fingerprint density at radius 2 is 1.76 bits per heavy atom. The van der Waals surface area contributed by atoms with Gasteiger partial charge in [0.25, 0.3) is 0 Å². The predicted molar refractivity (Wildman–Crippen MR) is 69.9 cm³/mol. The smallest absolute Gasteiger partial charge is 0.236 e. The third kappa shape index (κ3) is 3.98. The standard InChI is InChI=1S/C14H26N2O/c1-2-16(13-9-10-13)14(17)11-15-12-7-5-3-4-6-8-12/h12-13,15H,2-11H2,1H3. The first-order chi connectivity index (χ1) is 8.31. The largest absolute Gasteiger partial charge is 0.339 e. The van der Waals surface area contributed by atoms with Crippen molar-refractivity contribution in [3.63, 3.8) is 0 Å². The summed E-state index contributed by atoms with van der Waals surface area (Å²) in [4.78, 5) is 14.1. The Kier molecular flexibility index (Phi) is 4.84. The van der Waals surface area contributed by atoms with E-state index < -0.39 is 0 Å². The number of likely N-dealkylation sites (N-methyl/N-ethyl adjacent to an activating group) is 1. The molecule has 0 heterocycles. The van der Waals surface area contributed by atoms with Crippen molar-refractivity contribution in [2.75, 3.05) is 13.1 Å². The molecule has 2 aliphatic carbocycles. The maximum atomic E-state index is 12.0. The molecule has 3 heteroatoms. The van der Waals surface area contributed by atoms with Crippen molar-refractivity contribution in [3.05, 3.63) is 0 Å². The van der Waals surface area contributed by atoms with E-state index in [9.17, 15) is 4.79 Å². The van der Waals surface area contributed by atoms with Crippen LogP contribution < -0.4 is 5.32 Å². The van der Waals surface area contributed by atoms with E-state index in [-0.39, 0.29) is 0 Å². The highest BCUT2D eigenvalue weighted by atomic mass is 16.2. The molecule has 2 fully saturated rings. The molecule has 0 saturated heterocycles. The number of rotatable bonds is 5. The molecular formula is C14H26N2O. The third-order valence-electron chi connectivity index (χ3n) is 4.05. The minimum Gasteiger partial charge on any atom is -0.339 e. The van der Waals surface area contributed by atoms with Crippen LogP contribution in [-0.4, -0.2) is 36.0 Å². The maximum absolute atomic E-state index is 12.0. The molecule has 3 nitrogen and oxygen atoms in total. The van der Waals surface area contributed by atoms with Crippen LogP contribution in [0.1, 0.15) is 58.3 Å². The lowest BCUT2D eigenvalue weighted by molar-refractivity contribution is -0.130. The minimum absolute atomic E-state index is 0.305. The Morgan fingerprint density at radius 3 is 2.29 bits per heavy atom. The summed E-state index contributed by atoms with van der Waals surface area (Å²) in [5.41, 5.74) is 0. The third-order valence-corrected chi connectivity index (χ3v) is 4.05. The highest BCUT2D eigenvalue weighted by Gasteiger charge is 2.31. The molecule has 0 bridgehead atoms. The summed E-state index contributed by atoms with van der Waals surface area (Å²) in [6.45, 7) is 3.51. The monoisotopic (exact) mass is 238 g/mol. The van der Waals surface area contributed by atoms with Crippen LogP contribution in [0.25, 0.3) is 0 Å². The molecule has 0 radical (unpaired) electrons. The number of hydrogen-bond donors (Lipinski definition) is 1. The van der Waals surface area contributed by atoms with Gasteiger partial charge >= 0.3 is 0 Å². The number of carbonyl (C=O) groups excluding carboxylic acids is 1. The normalized spacial score (nSPS) is 22.2. The van der Waals surface area contributed by atoms with Crippen LogP contribution in [0, 0.1) is 0 Å². The van der Waals surface area contributed by atoms with Crippen LogP contribution in [0.2, 0.25) is 0 Å². The van der Waals surface area contributed by atoms with Gasteiger partial charge in [0.1, 0.15) is 0 Å². The zero-order valence-corrected chi connectivity index (χ0v) is 11.1. The Morgan fingerprint density at radius 1 is 1.12 bits per heavy atom. The second kappa shape index (κ2) is 6.39. The first-order valence-corrected chi connectivity index (χ1v) is 7.34. The van der Waals surface area contributed by atoms with E-state index in [1.165, 1.54) is 51.4 Å². The summed E-state index contributed by atoms with van der Waals surface area (Å²) in [5, 5.41) is 3.47. The average Bonchev–Trinajstić information content (AvgIpc) is 3.14. The second-order valence-corrected chi connectivity index (χ2v) is 5.48. The zero-order valence-electron chi connectivity index (χ0n) is 11.1. The van der Waals surface area contributed by atoms with E-state index in [1.807, 2.05) is 4.90 Å². The molecule has 17 heavy (non-hydrogen) atoms. The molecule has 1 N–H and O–H groups in total. The average molecular weight is 238 g/mol. The van der Waals surface area contributed by atoms with Crippen LogP contribution in [0.5, 0.6) is 0 Å². The zero-order chi connectivity index (χ0) is 12.1. The van der Waals surface area contributed by atoms with E-state index in [0.717, 1.165) is 6.54 Å². The van der Waals surface area contributed by atoms with Gasteiger partial charge in [-0.1, -0.05) is 25.7 Å². The van der Waals surface area contributed by atoms with Gasteiger partial charge in [0.15, 0.2) is 0 Å². The van der Waals surface area contributed by atoms with Crippen molar-refractivity contribution in [3.8, 4) is 0 Å². The molecule has 0 spiro atoms. The molecular weight excluding hydrogens is 212 g/mol. The van der Waals surface area contributed by atoms with Crippen LogP contribution in [-0.2, 0) is 4.79 Å². The molecule has 1 amide bonds. The van der Waals surface area contributed by atoms with Crippen molar-refractivity contribution in [1.82, 2.24) is 10.2 Å². The van der Waals surface area contributed by atoms with Gasteiger partial charge in [-0.15, -0.1) is 0 Å². The Balaban J connectivity index is 1.70. The summed E-state index contributed by atoms with van der Waals surface area (Å²) in [5.74, 6) is 0.305. The van der Waals surface area contributed by atoms with Crippen LogP contribution >= 0.6 is 0 Å². The van der Waals surface area contributed by atoms with Gasteiger partial charge < -0.3 is 10.2 Å². The Hall–Kier alpha value is -0.570. The first kappa shape index (κ1) is 12.9. The molecule has 98 valence electrons. The fourth-order valence-corrected chi connectivity index (χ4v) is 2.84. The van der Waals surface area contributed by atoms with Gasteiger partial charge in [-0.3, -0.25) is 4.79 Å². The summed E-state index contributed by atoms with van der Waals surface area (Å²) < 4.78 is 0. The lowest BCUT2D eigenvalue weighted by Gasteiger charge is -2.22. The molecule has 2 saturated carbocycles. The summed E-state index contributed by atoms with van der Waals surface area (Å²) in [6, 6.07) is 1.14. The minimum atomic E-state index is 0.305. The summed E-state index contributed by atoms with van der Waals surface area (Å²) >= 11 is 0. The molecule has 0 aliphatic heterocycles. The number of amides is 1. The van der Waals surface area contributed by atoms with E-state index in [0.29, 0.717) is 24.5 Å². The summed E-state index contributed by atoms with van der Waals surface area (Å²) in [6.07, 6.45) is 10.3. The highest BCUT2D eigenvalue weighted by Crippen LogP contribution is 2.26. The molecule has 0 unspecified atom stereocenters. The molecule has 0 aromatic carbocycles. The van der Waals surface area contributed by atoms with E-state index >= 15 is 0 Å². The van der Waals surface area contributed by atoms with E-state index in [2.05, 4.69) is 12.2 Å². The predicted octanol–water partition coefficient (Wildman–Crippen LogP) is 2.31. The van der Waals surface area contributed by atoms with Crippen LogP contribution in [0.4, 0.5) is 0 Å². The van der Waals surface area contributed by atoms with Gasteiger partial charge in [0.2, 0.25) is 5.91 Å². The lowest BCUT2D eigenvalue weighted by Crippen LogP contribution is -2.42. The molecule has 2 rings (SSSR count). The van der Waals surface area contributed by atoms with E-state index in [4.69, 9.17) is 0 Å². The van der Waals surface area contributed by atoms with Gasteiger partial charge in [-0.2, -0.15) is 0 Å². The second-order valence-electron chi connectivity index (χ2n) is 5.48. The lowest BCUT2D eigenvalue weighted by atomic mass is 10.1. The van der Waals surface area contributed by atoms with Crippen molar-refractivity contribution in [2.45, 2.75) is 70.4 Å². The van der Waals surface area contributed by atoms with Gasteiger partial charge in [-0.05, 0) is 32.6 Å². The van der Waals surface area contributed by atoms with Crippen molar-refractivity contribution < 1.29 is 4.79 Å². The fraction of sp³-hybridized carbons (Fsp3) is 0.929. The number of nitrogens with zero attached hydrogens (tertiary/aromatic N) is 1. The molecule has 0 aromatic heterocycles. The Labute approximate surface area is 105 Å². The van der Waals surface area contributed by atoms with Gasteiger partial charge in [0.05, 0.1) is 6.54 Å². The fourth-order valence-electron chi connectivity index (χ4n) is 2.84.